The molecule has 94 valence electrons. The van der Waals surface area contributed by atoms with Gasteiger partial charge in [-0.2, -0.15) is 0 Å². The number of rotatable bonds is 0. The van der Waals surface area contributed by atoms with Gasteiger partial charge in [-0.1, -0.05) is 43.6 Å². The number of alkyl halides is 1. The van der Waals surface area contributed by atoms with Crippen molar-refractivity contribution in [3.63, 3.8) is 0 Å². The molecular weight excluding hydrogens is 256 g/mol. The Bertz CT molecular complexity index is 494. The molecule has 1 saturated heterocycles. The Morgan fingerprint density at radius 2 is 1.76 bits per heavy atom. The highest BCUT2D eigenvalue weighted by Crippen LogP contribution is 2.62. The largest absolute Gasteiger partial charge is 0.227 e. The molecule has 1 aliphatic heterocycles. The van der Waals surface area contributed by atoms with Gasteiger partial charge in [0, 0.05) is 10.8 Å². The number of hydrogen-bond acceptors (Lipinski definition) is 2. The molecule has 0 N–H and O–H groups in total. The first-order valence-corrected chi connectivity index (χ1v) is 8.40. The maximum atomic E-state index is 12.2. The fraction of sp³-hybridized carbons (Fsp3) is 0.692. The van der Waals surface area contributed by atoms with Gasteiger partial charge >= 0.3 is 0 Å². The van der Waals surface area contributed by atoms with Crippen molar-refractivity contribution >= 4 is 21.4 Å². The summed E-state index contributed by atoms with van der Waals surface area (Å²) in [5.41, 5.74) is -0.581. The van der Waals surface area contributed by atoms with Gasteiger partial charge in [0.25, 0.3) is 0 Å². The molecule has 3 aliphatic rings. The van der Waals surface area contributed by atoms with Gasteiger partial charge in [-0.05, 0) is 12.8 Å². The quantitative estimate of drug-likeness (QED) is 0.635. The normalized spacial score (nSPS) is 47.2. The van der Waals surface area contributed by atoms with E-state index in [9.17, 15) is 8.42 Å². The van der Waals surface area contributed by atoms with Crippen molar-refractivity contribution in [1.82, 2.24) is 0 Å². The molecule has 4 heteroatoms. The summed E-state index contributed by atoms with van der Waals surface area (Å²) in [6.45, 7) is 0. The summed E-state index contributed by atoms with van der Waals surface area (Å²) in [6, 6.07) is 0. The SMILES string of the molecule is O=S1(=O)C[C@]23C=CC=C[C@@]2(CCCCC3)[C@H]1Cl. The second-order valence-electron chi connectivity index (χ2n) is 5.60. The first-order chi connectivity index (χ1) is 8.03. The zero-order valence-electron chi connectivity index (χ0n) is 9.73. The lowest BCUT2D eigenvalue weighted by Gasteiger charge is -2.43. The molecule has 2 fully saturated rings. The summed E-state index contributed by atoms with van der Waals surface area (Å²) in [5, 5.41) is 0. The molecule has 0 aromatic rings. The minimum atomic E-state index is -3.16. The van der Waals surface area contributed by atoms with Crippen molar-refractivity contribution in [3.05, 3.63) is 24.3 Å². The Kier molecular flexibility index (Phi) is 2.50. The van der Waals surface area contributed by atoms with E-state index in [1.165, 1.54) is 6.42 Å². The summed E-state index contributed by atoms with van der Waals surface area (Å²) in [7, 11) is -3.16. The number of sulfone groups is 1. The Labute approximate surface area is 108 Å². The Hall–Kier alpha value is -0.280. The molecule has 2 nitrogen and oxygen atoms in total. The van der Waals surface area contributed by atoms with Gasteiger partial charge in [-0.3, -0.25) is 0 Å². The van der Waals surface area contributed by atoms with Crippen LogP contribution in [0, 0.1) is 10.8 Å². The van der Waals surface area contributed by atoms with E-state index in [1.54, 1.807) is 0 Å². The summed E-state index contributed by atoms with van der Waals surface area (Å²) in [6.07, 6.45) is 13.4. The van der Waals surface area contributed by atoms with E-state index in [1.807, 2.05) is 12.2 Å². The van der Waals surface area contributed by atoms with Gasteiger partial charge in [-0.25, -0.2) is 8.42 Å². The number of hydrogen-bond donors (Lipinski definition) is 0. The highest BCUT2D eigenvalue weighted by atomic mass is 35.5. The van der Waals surface area contributed by atoms with Crippen molar-refractivity contribution in [2.45, 2.75) is 36.8 Å². The van der Waals surface area contributed by atoms with Gasteiger partial charge in [-0.15, -0.1) is 11.6 Å². The van der Waals surface area contributed by atoms with Crippen LogP contribution in [-0.2, 0) is 9.84 Å². The molecule has 1 heterocycles. The van der Waals surface area contributed by atoms with E-state index in [0.717, 1.165) is 25.7 Å². The average molecular weight is 273 g/mol. The van der Waals surface area contributed by atoms with Gasteiger partial charge < -0.3 is 0 Å². The highest BCUT2D eigenvalue weighted by molar-refractivity contribution is 7.93. The highest BCUT2D eigenvalue weighted by Gasteiger charge is 2.64. The predicted molar refractivity (Wildman–Crippen MR) is 69.7 cm³/mol. The summed E-state index contributed by atoms with van der Waals surface area (Å²) in [5.74, 6) is 0.231. The number of allylic oxidation sites excluding steroid dienone is 4. The second-order valence-corrected chi connectivity index (χ2v) is 8.38. The van der Waals surface area contributed by atoms with Crippen LogP contribution in [0.15, 0.2) is 24.3 Å². The lowest BCUT2D eigenvalue weighted by atomic mass is 9.60. The molecule has 0 unspecified atom stereocenters. The van der Waals surface area contributed by atoms with Crippen LogP contribution in [0.2, 0.25) is 0 Å². The fourth-order valence-corrected chi connectivity index (χ4v) is 6.93. The predicted octanol–water partition coefficient (Wildman–Crippen LogP) is 3.04. The molecule has 3 atom stereocenters. The molecule has 0 bridgehead atoms. The minimum Gasteiger partial charge on any atom is -0.227 e. The van der Waals surface area contributed by atoms with Crippen LogP contribution in [0.25, 0.3) is 0 Å². The first kappa shape index (κ1) is 11.8. The molecule has 17 heavy (non-hydrogen) atoms. The van der Waals surface area contributed by atoms with Crippen molar-refractivity contribution in [2.24, 2.45) is 10.8 Å². The minimum absolute atomic E-state index is 0.231. The molecule has 0 amide bonds. The van der Waals surface area contributed by atoms with Gasteiger partial charge in [0.2, 0.25) is 0 Å². The zero-order chi connectivity index (χ0) is 12.1. The van der Waals surface area contributed by atoms with Crippen LogP contribution in [-0.4, -0.2) is 18.9 Å². The van der Waals surface area contributed by atoms with E-state index in [0.29, 0.717) is 0 Å². The fourth-order valence-electron chi connectivity index (χ4n) is 3.89. The van der Waals surface area contributed by atoms with Crippen LogP contribution < -0.4 is 0 Å². The molecule has 0 spiro atoms. The molecule has 3 rings (SSSR count). The van der Waals surface area contributed by atoms with E-state index in [-0.39, 0.29) is 16.6 Å². The van der Waals surface area contributed by atoms with Crippen LogP contribution in [0.4, 0.5) is 0 Å². The van der Waals surface area contributed by atoms with Crippen molar-refractivity contribution in [3.8, 4) is 0 Å². The molecule has 2 aliphatic carbocycles. The van der Waals surface area contributed by atoms with Crippen LogP contribution in [0.1, 0.15) is 32.1 Å². The third kappa shape index (κ3) is 1.42. The maximum absolute atomic E-state index is 12.2. The maximum Gasteiger partial charge on any atom is 0.168 e. The standard InChI is InChI=1S/C13H17ClO2S/c14-11-13-8-3-1-2-6-12(13,7-4-5-9-13)10-17(11,15)16/h4-5,7,9,11H,1-3,6,8,10H2/t11-,12-,13-/m0/s1. The number of halogens is 1. The lowest BCUT2D eigenvalue weighted by molar-refractivity contribution is 0.181. The summed E-state index contributed by atoms with van der Waals surface area (Å²) in [4.78, 5) is 0. The third-order valence-corrected chi connectivity index (χ3v) is 7.91. The monoisotopic (exact) mass is 272 g/mol. The molecule has 1 saturated carbocycles. The second kappa shape index (κ2) is 3.61. The van der Waals surface area contributed by atoms with Crippen LogP contribution >= 0.6 is 11.6 Å². The van der Waals surface area contributed by atoms with E-state index in [4.69, 9.17) is 11.6 Å². The topological polar surface area (TPSA) is 34.1 Å². The molecule has 0 aromatic heterocycles. The van der Waals surface area contributed by atoms with Crippen molar-refractivity contribution in [1.29, 1.82) is 0 Å². The van der Waals surface area contributed by atoms with E-state index in [2.05, 4.69) is 12.2 Å². The first-order valence-electron chi connectivity index (χ1n) is 6.25. The third-order valence-electron chi connectivity index (χ3n) is 4.74. The lowest BCUT2D eigenvalue weighted by Crippen LogP contribution is -2.41. The van der Waals surface area contributed by atoms with E-state index >= 15 is 0 Å². The molecular formula is C13H17ClO2S. The Balaban J connectivity index is 2.21. The van der Waals surface area contributed by atoms with Crippen molar-refractivity contribution in [2.75, 3.05) is 5.75 Å². The molecule has 0 radical (unpaired) electrons. The average Bonchev–Trinajstić information content (AvgIpc) is 2.43. The zero-order valence-corrected chi connectivity index (χ0v) is 11.3. The smallest absolute Gasteiger partial charge is 0.168 e. The van der Waals surface area contributed by atoms with Crippen LogP contribution in [0.3, 0.4) is 0 Å². The van der Waals surface area contributed by atoms with E-state index < -0.39 is 14.5 Å². The van der Waals surface area contributed by atoms with Gasteiger partial charge in [0.1, 0.15) is 4.71 Å². The van der Waals surface area contributed by atoms with Gasteiger partial charge in [0.05, 0.1) is 5.75 Å². The van der Waals surface area contributed by atoms with Crippen LogP contribution in [0.5, 0.6) is 0 Å². The Morgan fingerprint density at radius 3 is 2.59 bits per heavy atom. The molecule has 0 aromatic carbocycles. The van der Waals surface area contributed by atoms with Crippen molar-refractivity contribution < 1.29 is 8.42 Å². The summed E-state index contributed by atoms with van der Waals surface area (Å²) < 4.78 is 23.7. The summed E-state index contributed by atoms with van der Waals surface area (Å²) >= 11 is 6.34. The Morgan fingerprint density at radius 1 is 1.06 bits per heavy atom. The van der Waals surface area contributed by atoms with Gasteiger partial charge in [0.15, 0.2) is 9.84 Å².